The summed E-state index contributed by atoms with van der Waals surface area (Å²) in [5.74, 6) is -0.737. The van der Waals surface area contributed by atoms with Gasteiger partial charge in [-0.2, -0.15) is 13.2 Å². The molecule has 28 heavy (non-hydrogen) atoms. The van der Waals surface area contributed by atoms with E-state index in [1.807, 2.05) is 24.3 Å². The van der Waals surface area contributed by atoms with E-state index in [0.29, 0.717) is 25.9 Å². The molecule has 0 spiro atoms. The van der Waals surface area contributed by atoms with Gasteiger partial charge >= 0.3 is 6.18 Å². The minimum atomic E-state index is -4.66. The van der Waals surface area contributed by atoms with E-state index in [4.69, 9.17) is 0 Å². The number of hydrogen-bond donors (Lipinski definition) is 1. The molecular weight excluding hydrogens is 389 g/mol. The van der Waals surface area contributed by atoms with E-state index in [9.17, 15) is 18.0 Å². The zero-order valence-corrected chi connectivity index (χ0v) is 15.6. The van der Waals surface area contributed by atoms with Crippen molar-refractivity contribution in [1.82, 2.24) is 15.3 Å². The lowest BCUT2D eigenvalue weighted by Crippen LogP contribution is -2.45. The third-order valence-corrected chi connectivity index (χ3v) is 5.80. The number of pyridine rings is 1. The number of nitrogens with one attached hydrogen (secondary N) is 1. The van der Waals surface area contributed by atoms with Gasteiger partial charge < -0.3 is 10.2 Å². The molecule has 1 N–H and O–H groups in total. The first-order chi connectivity index (χ1) is 13.4. The number of anilines is 1. The second-order valence-electron chi connectivity index (χ2n) is 6.60. The number of alkyl halides is 3. The summed E-state index contributed by atoms with van der Waals surface area (Å²) < 4.78 is 40.3. The molecule has 2 aromatic heterocycles. The van der Waals surface area contributed by atoms with Crippen molar-refractivity contribution < 1.29 is 18.0 Å². The Balaban J connectivity index is 1.40. The minimum Gasteiger partial charge on any atom is -0.349 e. The van der Waals surface area contributed by atoms with Crippen molar-refractivity contribution in [2.75, 3.05) is 18.0 Å². The maximum Gasteiger partial charge on any atom is 0.434 e. The van der Waals surface area contributed by atoms with E-state index in [2.05, 4.69) is 20.2 Å². The average Bonchev–Trinajstić information content (AvgIpc) is 3.12. The molecule has 0 aliphatic carbocycles. The Morgan fingerprint density at radius 3 is 2.61 bits per heavy atom. The van der Waals surface area contributed by atoms with Crippen LogP contribution in [0.25, 0.3) is 10.2 Å². The molecule has 3 heterocycles. The van der Waals surface area contributed by atoms with Crippen molar-refractivity contribution in [2.24, 2.45) is 0 Å². The van der Waals surface area contributed by atoms with Crippen LogP contribution >= 0.6 is 11.3 Å². The van der Waals surface area contributed by atoms with Crippen LogP contribution in [0.15, 0.2) is 42.6 Å². The molecule has 1 amide bonds. The van der Waals surface area contributed by atoms with E-state index >= 15 is 0 Å². The second kappa shape index (κ2) is 7.38. The normalized spacial score (nSPS) is 15.8. The summed E-state index contributed by atoms with van der Waals surface area (Å²) in [4.78, 5) is 22.5. The van der Waals surface area contributed by atoms with Gasteiger partial charge in [-0.1, -0.05) is 23.5 Å². The van der Waals surface area contributed by atoms with Crippen molar-refractivity contribution in [2.45, 2.75) is 25.1 Å². The Bertz CT molecular complexity index is 963. The van der Waals surface area contributed by atoms with Crippen molar-refractivity contribution in [3.05, 3.63) is 53.9 Å². The summed E-state index contributed by atoms with van der Waals surface area (Å²) >= 11 is 1.61. The van der Waals surface area contributed by atoms with Gasteiger partial charge in [-0.15, -0.1) is 0 Å². The highest BCUT2D eigenvalue weighted by molar-refractivity contribution is 7.22. The zero-order chi connectivity index (χ0) is 19.7. The number of carbonyl (C=O) groups excluding carboxylic acids is 1. The largest absolute Gasteiger partial charge is 0.434 e. The average molecular weight is 406 g/mol. The molecule has 0 saturated carbocycles. The van der Waals surface area contributed by atoms with E-state index < -0.39 is 23.3 Å². The van der Waals surface area contributed by atoms with Gasteiger partial charge in [0.1, 0.15) is 0 Å². The van der Waals surface area contributed by atoms with Crippen LogP contribution in [-0.2, 0) is 6.18 Å². The van der Waals surface area contributed by atoms with E-state index in [0.717, 1.165) is 27.6 Å². The number of thiazole rings is 1. The number of piperidine rings is 1. The summed E-state index contributed by atoms with van der Waals surface area (Å²) in [6, 6.07) is 10.2. The zero-order valence-electron chi connectivity index (χ0n) is 14.7. The van der Waals surface area contributed by atoms with Crippen LogP contribution < -0.4 is 10.2 Å². The lowest BCUT2D eigenvalue weighted by atomic mass is 10.0. The van der Waals surface area contributed by atoms with Crippen molar-refractivity contribution in [1.29, 1.82) is 0 Å². The molecule has 0 radical (unpaired) electrons. The fourth-order valence-electron chi connectivity index (χ4n) is 3.29. The molecule has 1 fully saturated rings. The number of fused-ring (bicyclic) bond motifs is 1. The summed E-state index contributed by atoms with van der Waals surface area (Å²) in [5, 5.41) is 3.65. The highest BCUT2D eigenvalue weighted by atomic mass is 32.1. The van der Waals surface area contributed by atoms with Crippen LogP contribution in [0, 0.1) is 0 Å². The van der Waals surface area contributed by atoms with Crippen LogP contribution in [0.2, 0.25) is 0 Å². The maximum absolute atomic E-state index is 13.1. The highest BCUT2D eigenvalue weighted by Gasteiger charge is 2.37. The summed E-state index contributed by atoms with van der Waals surface area (Å²) in [7, 11) is 0. The van der Waals surface area contributed by atoms with Crippen LogP contribution in [0.3, 0.4) is 0 Å². The molecule has 146 valence electrons. The van der Waals surface area contributed by atoms with Gasteiger partial charge in [-0.05, 0) is 37.1 Å². The standard InChI is InChI=1S/C19H17F3N4OS/c20-19(21,22)16-13(4-3-9-23-16)17(27)24-12-7-10-26(11-8-12)18-25-14-5-1-2-6-15(14)28-18/h1-6,9,12H,7-8,10-11H2,(H,24,27). The molecule has 0 atom stereocenters. The fourth-order valence-corrected chi connectivity index (χ4v) is 4.31. The number of hydrogen-bond acceptors (Lipinski definition) is 5. The van der Waals surface area contributed by atoms with Gasteiger partial charge in [0.05, 0.1) is 15.8 Å². The van der Waals surface area contributed by atoms with Gasteiger partial charge in [-0.25, -0.2) is 4.98 Å². The first kappa shape index (κ1) is 18.7. The molecule has 1 saturated heterocycles. The topological polar surface area (TPSA) is 58.1 Å². The molecule has 3 aromatic rings. The lowest BCUT2D eigenvalue weighted by molar-refractivity contribution is -0.141. The number of carbonyl (C=O) groups is 1. The molecule has 9 heteroatoms. The first-order valence-corrected chi connectivity index (χ1v) is 9.67. The number of nitrogens with zero attached hydrogens (tertiary/aromatic N) is 3. The summed E-state index contributed by atoms with van der Waals surface area (Å²) in [6.45, 7) is 1.37. The number of amides is 1. The fraction of sp³-hybridized carbons (Fsp3) is 0.316. The number of para-hydroxylation sites is 1. The van der Waals surface area contributed by atoms with Gasteiger partial charge in [0, 0.05) is 25.3 Å². The molecule has 1 aromatic carbocycles. The molecular formula is C19H17F3N4OS. The Morgan fingerprint density at radius 2 is 1.89 bits per heavy atom. The number of aromatic nitrogens is 2. The number of rotatable bonds is 3. The minimum absolute atomic E-state index is 0.181. The SMILES string of the molecule is O=C(NC1CCN(c2nc3ccccc3s2)CC1)c1cccnc1C(F)(F)F. The Hall–Kier alpha value is -2.68. The van der Waals surface area contributed by atoms with Crippen molar-refractivity contribution in [3.8, 4) is 0 Å². The molecule has 1 aliphatic heterocycles. The Labute approximate surface area is 163 Å². The molecule has 5 nitrogen and oxygen atoms in total. The van der Waals surface area contributed by atoms with Crippen LogP contribution in [0.1, 0.15) is 28.9 Å². The molecule has 0 bridgehead atoms. The summed E-state index contributed by atoms with van der Waals surface area (Å²) in [5.41, 5.74) is -0.641. The predicted molar refractivity (Wildman–Crippen MR) is 102 cm³/mol. The smallest absolute Gasteiger partial charge is 0.349 e. The number of benzene rings is 1. The molecule has 4 rings (SSSR count). The Morgan fingerprint density at radius 1 is 1.14 bits per heavy atom. The Kier molecular flexibility index (Phi) is 4.92. The third kappa shape index (κ3) is 3.80. The van der Waals surface area contributed by atoms with Gasteiger partial charge in [0.25, 0.3) is 5.91 Å². The quantitative estimate of drug-likeness (QED) is 0.711. The van der Waals surface area contributed by atoms with Crippen LogP contribution in [-0.4, -0.2) is 35.0 Å². The van der Waals surface area contributed by atoms with E-state index in [-0.39, 0.29) is 6.04 Å². The van der Waals surface area contributed by atoms with E-state index in [1.54, 1.807) is 11.3 Å². The lowest BCUT2D eigenvalue weighted by Gasteiger charge is -2.32. The van der Waals surface area contributed by atoms with Gasteiger partial charge in [-0.3, -0.25) is 9.78 Å². The van der Waals surface area contributed by atoms with Gasteiger partial charge in [0.15, 0.2) is 10.8 Å². The van der Waals surface area contributed by atoms with Crippen LogP contribution in [0.5, 0.6) is 0 Å². The predicted octanol–water partition coefficient (Wildman–Crippen LogP) is 4.11. The number of halogens is 3. The third-order valence-electron chi connectivity index (χ3n) is 4.70. The van der Waals surface area contributed by atoms with E-state index in [1.165, 1.54) is 6.07 Å². The molecule has 0 unspecified atom stereocenters. The molecule has 1 aliphatic rings. The highest BCUT2D eigenvalue weighted by Crippen LogP contribution is 2.31. The summed E-state index contributed by atoms with van der Waals surface area (Å²) in [6.07, 6.45) is -2.34. The second-order valence-corrected chi connectivity index (χ2v) is 7.61. The van der Waals surface area contributed by atoms with Gasteiger partial charge in [0.2, 0.25) is 0 Å². The van der Waals surface area contributed by atoms with Crippen molar-refractivity contribution in [3.63, 3.8) is 0 Å². The first-order valence-electron chi connectivity index (χ1n) is 8.85. The monoisotopic (exact) mass is 406 g/mol. The maximum atomic E-state index is 13.1. The van der Waals surface area contributed by atoms with Crippen molar-refractivity contribution >= 4 is 32.6 Å². The van der Waals surface area contributed by atoms with Crippen LogP contribution in [0.4, 0.5) is 18.3 Å².